The third kappa shape index (κ3) is 4.56. The fourth-order valence-corrected chi connectivity index (χ4v) is 3.78. The van der Waals surface area contributed by atoms with E-state index in [1.807, 2.05) is 18.0 Å². The summed E-state index contributed by atoms with van der Waals surface area (Å²) < 4.78 is 5.31. The molecule has 2 aromatic rings. The van der Waals surface area contributed by atoms with E-state index in [1.54, 1.807) is 0 Å². The molecule has 2 fully saturated rings. The van der Waals surface area contributed by atoms with Gasteiger partial charge in [0.2, 0.25) is 11.8 Å². The maximum Gasteiger partial charge on any atom is 0.239 e. The second-order valence-corrected chi connectivity index (χ2v) is 7.80. The van der Waals surface area contributed by atoms with E-state index in [1.165, 1.54) is 5.56 Å². The number of likely N-dealkylation sites (tertiary alicyclic amines) is 1. The monoisotopic (exact) mass is 368 g/mol. The molecule has 6 nitrogen and oxygen atoms in total. The molecule has 0 spiro atoms. The van der Waals surface area contributed by atoms with Crippen molar-refractivity contribution in [2.45, 2.75) is 57.0 Å². The molecule has 1 aromatic carbocycles. The summed E-state index contributed by atoms with van der Waals surface area (Å²) in [5.74, 6) is 2.15. The van der Waals surface area contributed by atoms with Crippen molar-refractivity contribution in [1.82, 2.24) is 19.9 Å². The van der Waals surface area contributed by atoms with Crippen LogP contribution < -0.4 is 0 Å². The van der Waals surface area contributed by atoms with Crippen LogP contribution in [0, 0.1) is 0 Å². The number of rotatable bonds is 7. The number of aromatic nitrogens is 2. The van der Waals surface area contributed by atoms with Crippen LogP contribution in [0.5, 0.6) is 0 Å². The van der Waals surface area contributed by atoms with E-state index in [2.05, 4.69) is 39.3 Å². The van der Waals surface area contributed by atoms with Crippen molar-refractivity contribution in [3.63, 3.8) is 0 Å². The Morgan fingerprint density at radius 1 is 1.22 bits per heavy atom. The molecule has 6 heteroatoms. The first kappa shape index (κ1) is 18.2. The fraction of sp³-hybridized carbons (Fsp3) is 0.571. The van der Waals surface area contributed by atoms with E-state index in [-0.39, 0.29) is 11.9 Å². The number of carbonyl (C=O) groups excluding carboxylic acids is 1. The van der Waals surface area contributed by atoms with Gasteiger partial charge in [0.15, 0.2) is 5.82 Å². The third-order valence-corrected chi connectivity index (χ3v) is 5.58. The molecular formula is C21H28N4O2. The first-order valence-corrected chi connectivity index (χ1v) is 10.1. The van der Waals surface area contributed by atoms with Crippen molar-refractivity contribution < 1.29 is 9.32 Å². The van der Waals surface area contributed by atoms with E-state index < -0.39 is 0 Å². The lowest BCUT2D eigenvalue weighted by molar-refractivity contribution is -0.137. The lowest BCUT2D eigenvalue weighted by atomic mass is 10.00. The first-order chi connectivity index (χ1) is 13.2. The van der Waals surface area contributed by atoms with Gasteiger partial charge in [-0.05, 0) is 37.8 Å². The van der Waals surface area contributed by atoms with Crippen LogP contribution in [-0.2, 0) is 17.8 Å². The van der Waals surface area contributed by atoms with Crippen molar-refractivity contribution in [1.29, 1.82) is 0 Å². The molecule has 0 bridgehead atoms. The smallest absolute Gasteiger partial charge is 0.239 e. The van der Waals surface area contributed by atoms with E-state index >= 15 is 0 Å². The highest BCUT2D eigenvalue weighted by atomic mass is 16.5. The number of hydrogen-bond acceptors (Lipinski definition) is 5. The normalized spacial score (nSPS) is 20.6. The number of piperidine rings is 1. The molecule has 1 saturated heterocycles. The second kappa shape index (κ2) is 8.21. The van der Waals surface area contributed by atoms with Crippen molar-refractivity contribution in [3.05, 3.63) is 47.6 Å². The standard InChI is InChI=1S/C21H28N4O2/c1-24(14-12-19-22-20(27-23-19)17-10-11-17)21(26)18-9-5-6-13-25(18)15-16-7-3-2-4-8-16/h2-4,7-8,17-18H,5-6,9-15H2,1H3/t18-/m1/s1. The van der Waals surface area contributed by atoms with Crippen LogP contribution in [-0.4, -0.2) is 52.0 Å². The van der Waals surface area contributed by atoms with Crippen LogP contribution in [0.15, 0.2) is 34.9 Å². The summed E-state index contributed by atoms with van der Waals surface area (Å²) in [5, 5.41) is 4.06. The minimum absolute atomic E-state index is 0.0313. The third-order valence-electron chi connectivity index (χ3n) is 5.58. The Bertz CT molecular complexity index is 757. The Morgan fingerprint density at radius 2 is 2.04 bits per heavy atom. The summed E-state index contributed by atoms with van der Waals surface area (Å²) >= 11 is 0. The van der Waals surface area contributed by atoms with Gasteiger partial charge in [-0.3, -0.25) is 9.69 Å². The highest BCUT2D eigenvalue weighted by Gasteiger charge is 2.31. The van der Waals surface area contributed by atoms with Crippen LogP contribution in [0.3, 0.4) is 0 Å². The summed E-state index contributed by atoms with van der Waals surface area (Å²) in [4.78, 5) is 21.7. The van der Waals surface area contributed by atoms with Crippen LogP contribution in [0.1, 0.15) is 55.3 Å². The van der Waals surface area contributed by atoms with Gasteiger partial charge >= 0.3 is 0 Å². The van der Waals surface area contributed by atoms with E-state index in [0.29, 0.717) is 24.7 Å². The van der Waals surface area contributed by atoms with Crippen LogP contribution in [0.2, 0.25) is 0 Å². The van der Waals surface area contributed by atoms with Gasteiger partial charge in [0, 0.05) is 32.5 Å². The number of carbonyl (C=O) groups is 1. The van der Waals surface area contributed by atoms with Gasteiger partial charge in [0.1, 0.15) is 0 Å². The number of hydrogen-bond donors (Lipinski definition) is 0. The van der Waals surface area contributed by atoms with Gasteiger partial charge in [0.25, 0.3) is 0 Å². The molecule has 144 valence electrons. The van der Waals surface area contributed by atoms with E-state index in [9.17, 15) is 4.79 Å². The zero-order valence-corrected chi connectivity index (χ0v) is 16.0. The zero-order chi connectivity index (χ0) is 18.6. The molecule has 1 amide bonds. The van der Waals surface area contributed by atoms with Crippen molar-refractivity contribution >= 4 is 5.91 Å². The predicted molar refractivity (Wildman–Crippen MR) is 102 cm³/mol. The Hall–Kier alpha value is -2.21. The Labute approximate surface area is 160 Å². The molecule has 1 aliphatic heterocycles. The molecule has 0 unspecified atom stereocenters. The van der Waals surface area contributed by atoms with Gasteiger partial charge in [-0.15, -0.1) is 0 Å². The average Bonchev–Trinajstić information content (AvgIpc) is 3.45. The summed E-state index contributed by atoms with van der Waals surface area (Å²) in [6.45, 7) is 2.44. The quantitative estimate of drug-likeness (QED) is 0.752. The van der Waals surface area contributed by atoms with Crippen molar-refractivity contribution in [2.75, 3.05) is 20.1 Å². The van der Waals surface area contributed by atoms with Crippen LogP contribution >= 0.6 is 0 Å². The Balaban J connectivity index is 1.33. The summed E-state index contributed by atoms with van der Waals surface area (Å²) in [7, 11) is 1.89. The SMILES string of the molecule is CN(CCc1noc(C2CC2)n1)C(=O)[C@H]1CCCCN1Cc1ccccc1. The number of benzene rings is 1. The molecule has 0 radical (unpaired) electrons. The minimum atomic E-state index is -0.0313. The molecule has 2 heterocycles. The molecular weight excluding hydrogens is 340 g/mol. The minimum Gasteiger partial charge on any atom is -0.344 e. The lowest BCUT2D eigenvalue weighted by Crippen LogP contribution is -2.49. The Kier molecular flexibility index (Phi) is 5.53. The second-order valence-electron chi connectivity index (χ2n) is 7.80. The molecule has 27 heavy (non-hydrogen) atoms. The van der Waals surface area contributed by atoms with Gasteiger partial charge in [-0.25, -0.2) is 0 Å². The van der Waals surface area contributed by atoms with Crippen LogP contribution in [0.4, 0.5) is 0 Å². The topological polar surface area (TPSA) is 62.5 Å². The maximum atomic E-state index is 13.1. The van der Waals surface area contributed by atoms with Crippen molar-refractivity contribution in [3.8, 4) is 0 Å². The number of amides is 1. The largest absolute Gasteiger partial charge is 0.344 e. The predicted octanol–water partition coefficient (Wildman–Crippen LogP) is 3.00. The van der Waals surface area contributed by atoms with Gasteiger partial charge < -0.3 is 9.42 Å². The van der Waals surface area contributed by atoms with Crippen LogP contribution in [0.25, 0.3) is 0 Å². The van der Waals surface area contributed by atoms with E-state index in [4.69, 9.17) is 4.52 Å². The van der Waals surface area contributed by atoms with Gasteiger partial charge in [-0.2, -0.15) is 4.98 Å². The highest BCUT2D eigenvalue weighted by Crippen LogP contribution is 2.38. The fourth-order valence-electron chi connectivity index (χ4n) is 3.78. The zero-order valence-electron chi connectivity index (χ0n) is 16.0. The Morgan fingerprint density at radius 3 is 2.81 bits per heavy atom. The van der Waals surface area contributed by atoms with Crippen molar-refractivity contribution in [2.24, 2.45) is 0 Å². The number of nitrogens with zero attached hydrogens (tertiary/aromatic N) is 4. The molecule has 0 N–H and O–H groups in total. The van der Waals surface area contributed by atoms with E-state index in [0.717, 1.165) is 51.1 Å². The number of likely N-dealkylation sites (N-methyl/N-ethyl adjacent to an activating group) is 1. The first-order valence-electron chi connectivity index (χ1n) is 10.1. The molecule has 1 saturated carbocycles. The van der Waals surface area contributed by atoms with Gasteiger partial charge in [0.05, 0.1) is 6.04 Å². The molecule has 4 rings (SSSR count). The molecule has 1 aromatic heterocycles. The molecule has 2 aliphatic rings. The lowest BCUT2D eigenvalue weighted by Gasteiger charge is -2.36. The summed E-state index contributed by atoms with van der Waals surface area (Å²) in [5.41, 5.74) is 1.26. The summed E-state index contributed by atoms with van der Waals surface area (Å²) in [6, 6.07) is 10.4. The van der Waals surface area contributed by atoms with Gasteiger partial charge in [-0.1, -0.05) is 41.9 Å². The molecule has 1 aliphatic carbocycles. The molecule has 1 atom stereocenters. The maximum absolute atomic E-state index is 13.1. The summed E-state index contributed by atoms with van der Waals surface area (Å²) in [6.07, 6.45) is 6.16. The highest BCUT2D eigenvalue weighted by molar-refractivity contribution is 5.81. The average molecular weight is 368 g/mol.